The monoisotopic (exact) mass is 743 g/mol. The summed E-state index contributed by atoms with van der Waals surface area (Å²) < 4.78 is 12.1. The number of carboxylic acid groups (broad SMARTS) is 2. The van der Waals surface area contributed by atoms with Crippen LogP contribution in [0, 0.1) is 0 Å². The van der Waals surface area contributed by atoms with Crippen LogP contribution in [0.2, 0.25) is 0 Å². The molecule has 0 aliphatic heterocycles. The van der Waals surface area contributed by atoms with E-state index < -0.39 is 18.0 Å². The number of ether oxygens (including phenoxy) is 2. The van der Waals surface area contributed by atoms with Gasteiger partial charge in [-0.3, -0.25) is 14.5 Å². The Morgan fingerprint density at radius 1 is 0.926 bits per heavy atom. The van der Waals surface area contributed by atoms with Gasteiger partial charge in [-0.2, -0.15) is 5.10 Å². The molecular weight excluding hydrogens is 698 g/mol. The summed E-state index contributed by atoms with van der Waals surface area (Å²) in [5, 5.41) is 23.0. The topological polar surface area (TPSA) is 215 Å². The Kier molecular flexibility index (Phi) is 17.3. The number of hydrogen-bond donors (Lipinski definition) is 4. The Morgan fingerprint density at radius 2 is 1.67 bits per heavy atom. The number of esters is 1. The van der Waals surface area contributed by atoms with Crippen molar-refractivity contribution in [2.75, 3.05) is 30.0 Å². The van der Waals surface area contributed by atoms with E-state index >= 15 is 0 Å². The molecule has 4 N–H and O–H groups in total. The van der Waals surface area contributed by atoms with Crippen LogP contribution in [0.4, 0.5) is 16.3 Å². The van der Waals surface area contributed by atoms with Gasteiger partial charge in [0.05, 0.1) is 43.4 Å². The largest absolute Gasteiger partial charge is 0.478 e. The fourth-order valence-electron chi connectivity index (χ4n) is 4.86. The highest BCUT2D eigenvalue weighted by Crippen LogP contribution is 2.21. The Labute approximate surface area is 312 Å². The number of carbonyl (C=O) groups excluding carboxylic acids is 3. The van der Waals surface area contributed by atoms with Gasteiger partial charge in [0.1, 0.15) is 11.6 Å². The lowest BCUT2D eigenvalue weighted by molar-refractivity contribution is -0.142. The van der Waals surface area contributed by atoms with Gasteiger partial charge in [-0.05, 0) is 61.4 Å². The first kappa shape index (κ1) is 41.8. The zero-order chi connectivity index (χ0) is 39.3. The van der Waals surface area contributed by atoms with Gasteiger partial charge in [-0.15, -0.1) is 0 Å². The maximum Gasteiger partial charge on any atom is 0.427 e. The van der Waals surface area contributed by atoms with Crippen molar-refractivity contribution in [2.45, 2.75) is 52.5 Å². The first-order valence-corrected chi connectivity index (χ1v) is 17.3. The standard InChI is InChI=1S/C34H41N7O5.C4H4O4/c1-4-6-7-10-21-46-34(44)39-37-23-25-12-15-27(16-13-25)36-24-31-38-28-22-26(14-17-29(28)40(31)3)33(43)41(20-18-32(42)45-5-2)30-11-8-9-19-35-30;5-3(6)1-2-4(7)8/h8-9,11-17,19,22-23,36H,4-7,10,18,20-21,24H2,1-3H3,(H,39,44);1-2H,(H,5,6)(H,7,8)/b37-23+;2-1+. The van der Waals surface area contributed by atoms with E-state index in [1.54, 1.807) is 49.7 Å². The fourth-order valence-corrected chi connectivity index (χ4v) is 4.86. The van der Waals surface area contributed by atoms with Crippen LogP contribution in [-0.2, 0) is 37.4 Å². The normalized spacial score (nSPS) is 10.8. The molecule has 0 radical (unpaired) electrons. The van der Waals surface area contributed by atoms with E-state index in [1.807, 2.05) is 41.9 Å². The number of unbranched alkanes of at least 4 members (excludes halogenated alkanes) is 3. The minimum absolute atomic E-state index is 0.0519. The third-order valence-corrected chi connectivity index (χ3v) is 7.57. The zero-order valence-corrected chi connectivity index (χ0v) is 30.4. The number of carbonyl (C=O) groups is 5. The van der Waals surface area contributed by atoms with Crippen LogP contribution < -0.4 is 15.6 Å². The molecule has 0 unspecified atom stereocenters. The van der Waals surface area contributed by atoms with Crippen molar-refractivity contribution < 1.29 is 43.7 Å². The van der Waals surface area contributed by atoms with E-state index in [0.29, 0.717) is 42.2 Å². The quantitative estimate of drug-likeness (QED) is 0.0325. The van der Waals surface area contributed by atoms with E-state index in [4.69, 9.17) is 24.7 Å². The highest BCUT2D eigenvalue weighted by atomic mass is 16.6. The number of aliphatic carboxylic acids is 2. The van der Waals surface area contributed by atoms with Gasteiger partial charge >= 0.3 is 24.0 Å². The fraction of sp³-hybridized carbons (Fsp3) is 0.316. The van der Waals surface area contributed by atoms with Gasteiger partial charge in [-0.1, -0.05) is 44.4 Å². The minimum Gasteiger partial charge on any atom is -0.478 e. The van der Waals surface area contributed by atoms with Crippen LogP contribution in [0.15, 0.2) is 84.1 Å². The molecule has 286 valence electrons. The molecule has 0 aliphatic carbocycles. The second-order valence-electron chi connectivity index (χ2n) is 11.5. The summed E-state index contributed by atoms with van der Waals surface area (Å²) in [7, 11) is 1.93. The number of benzene rings is 2. The lowest BCUT2D eigenvalue weighted by atomic mass is 10.1. The van der Waals surface area contributed by atoms with Crippen molar-refractivity contribution >= 4 is 58.7 Å². The maximum absolute atomic E-state index is 13.6. The number of aryl methyl sites for hydroxylation is 1. The number of rotatable bonds is 18. The first-order chi connectivity index (χ1) is 26.0. The third-order valence-electron chi connectivity index (χ3n) is 7.57. The number of imidazole rings is 1. The van der Waals surface area contributed by atoms with Gasteiger partial charge in [0.25, 0.3) is 5.91 Å². The van der Waals surface area contributed by atoms with Gasteiger partial charge in [0.2, 0.25) is 0 Å². The predicted octanol–water partition coefficient (Wildman–Crippen LogP) is 5.53. The highest BCUT2D eigenvalue weighted by Gasteiger charge is 2.21. The lowest BCUT2D eigenvalue weighted by Crippen LogP contribution is -2.34. The van der Waals surface area contributed by atoms with Crippen molar-refractivity contribution in [2.24, 2.45) is 12.1 Å². The molecule has 0 spiro atoms. The molecule has 0 saturated carbocycles. The number of anilines is 2. The molecule has 2 aromatic carbocycles. The average Bonchev–Trinajstić information content (AvgIpc) is 3.48. The summed E-state index contributed by atoms with van der Waals surface area (Å²) >= 11 is 0. The van der Waals surface area contributed by atoms with Crippen molar-refractivity contribution in [3.63, 3.8) is 0 Å². The van der Waals surface area contributed by atoms with Crippen LogP contribution in [0.3, 0.4) is 0 Å². The molecular formula is C38H45N7O9. The molecule has 54 heavy (non-hydrogen) atoms. The number of nitrogens with zero attached hydrogens (tertiary/aromatic N) is 5. The Bertz CT molecular complexity index is 1890. The number of amides is 2. The van der Waals surface area contributed by atoms with E-state index in [0.717, 1.165) is 48.3 Å². The van der Waals surface area contributed by atoms with Gasteiger partial charge in [-0.25, -0.2) is 29.8 Å². The zero-order valence-electron chi connectivity index (χ0n) is 30.4. The molecule has 16 nitrogen and oxygen atoms in total. The smallest absolute Gasteiger partial charge is 0.427 e. The SMILES string of the molecule is CCCCCCOC(=O)N/N=C/c1ccc(NCc2nc3cc(C(=O)N(CCC(=O)OCC)c4ccccn4)ccc3n2C)cc1.O=C(O)/C=C/C(=O)O. The van der Waals surface area contributed by atoms with E-state index in [-0.39, 0.29) is 31.4 Å². The number of aromatic nitrogens is 3. The molecule has 2 aromatic heterocycles. The van der Waals surface area contributed by atoms with Crippen molar-refractivity contribution in [1.82, 2.24) is 20.0 Å². The summed E-state index contributed by atoms with van der Waals surface area (Å²) in [6.07, 6.45) is 7.91. The van der Waals surface area contributed by atoms with Crippen LogP contribution >= 0.6 is 0 Å². The van der Waals surface area contributed by atoms with Crippen molar-refractivity contribution in [3.8, 4) is 0 Å². The van der Waals surface area contributed by atoms with E-state index in [9.17, 15) is 24.0 Å². The Morgan fingerprint density at radius 3 is 2.31 bits per heavy atom. The van der Waals surface area contributed by atoms with Crippen LogP contribution in [0.25, 0.3) is 11.0 Å². The lowest BCUT2D eigenvalue weighted by Gasteiger charge is -2.21. The summed E-state index contributed by atoms with van der Waals surface area (Å²) in [6, 6.07) is 18.3. The number of pyridine rings is 1. The predicted molar refractivity (Wildman–Crippen MR) is 202 cm³/mol. The summed E-state index contributed by atoms with van der Waals surface area (Å²) in [5.41, 5.74) is 6.07. The number of hydrogen-bond acceptors (Lipinski definition) is 11. The molecule has 0 atom stereocenters. The van der Waals surface area contributed by atoms with Gasteiger partial charge in [0, 0.05) is 43.2 Å². The van der Waals surface area contributed by atoms with Crippen LogP contribution in [0.5, 0.6) is 0 Å². The molecule has 0 fully saturated rings. The maximum atomic E-state index is 13.6. The number of nitrogens with one attached hydrogen (secondary N) is 2. The number of carboxylic acids is 2. The van der Waals surface area contributed by atoms with Crippen LogP contribution in [-0.4, -0.2) is 80.6 Å². The van der Waals surface area contributed by atoms with Crippen LogP contribution in [0.1, 0.15) is 67.7 Å². The second kappa shape index (κ2) is 22.4. The summed E-state index contributed by atoms with van der Waals surface area (Å²) in [5.74, 6) is -1.94. The van der Waals surface area contributed by atoms with Gasteiger partial charge in [0.15, 0.2) is 0 Å². The average molecular weight is 744 g/mol. The molecule has 16 heteroatoms. The summed E-state index contributed by atoms with van der Waals surface area (Å²) in [6.45, 7) is 5.13. The number of hydrazone groups is 1. The Balaban J connectivity index is 0.000000879. The first-order valence-electron chi connectivity index (χ1n) is 17.3. The minimum atomic E-state index is -1.26. The highest BCUT2D eigenvalue weighted by molar-refractivity contribution is 6.07. The molecule has 2 amide bonds. The third kappa shape index (κ3) is 14.2. The van der Waals surface area contributed by atoms with E-state index in [2.05, 4.69) is 27.8 Å². The number of fused-ring (bicyclic) bond motifs is 1. The van der Waals surface area contributed by atoms with Crippen molar-refractivity contribution in [3.05, 3.63) is 96.0 Å². The van der Waals surface area contributed by atoms with Gasteiger partial charge < -0.3 is 29.6 Å². The second-order valence-corrected chi connectivity index (χ2v) is 11.5. The molecule has 4 aromatic rings. The van der Waals surface area contributed by atoms with Crippen molar-refractivity contribution in [1.29, 1.82) is 0 Å². The molecule has 2 heterocycles. The molecule has 4 rings (SSSR count). The molecule has 0 saturated heterocycles. The molecule has 0 aliphatic rings. The molecule has 0 bridgehead atoms. The Hall–Kier alpha value is -6.58. The summed E-state index contributed by atoms with van der Waals surface area (Å²) in [4.78, 5) is 67.1. The van der Waals surface area contributed by atoms with E-state index in [1.165, 1.54) is 4.90 Å².